The number of amides is 1. The van der Waals surface area contributed by atoms with E-state index in [9.17, 15) is 9.59 Å². The van der Waals surface area contributed by atoms with Crippen LogP contribution in [0, 0.1) is 0 Å². The third-order valence-electron chi connectivity index (χ3n) is 4.71. The van der Waals surface area contributed by atoms with Crippen molar-refractivity contribution >= 4 is 40.6 Å². The highest BCUT2D eigenvalue weighted by Crippen LogP contribution is 2.33. The molecule has 1 heterocycles. The van der Waals surface area contributed by atoms with Crippen LogP contribution in [-0.4, -0.2) is 24.7 Å². The Hall–Kier alpha value is -3.44. The summed E-state index contributed by atoms with van der Waals surface area (Å²) in [5.41, 5.74) is 3.79. The Labute approximate surface area is 173 Å². The van der Waals surface area contributed by atoms with E-state index in [-0.39, 0.29) is 5.91 Å². The minimum atomic E-state index is -0.419. The summed E-state index contributed by atoms with van der Waals surface area (Å²) < 4.78 is 4.71. The highest BCUT2D eigenvalue weighted by molar-refractivity contribution is 6.54. The molecule has 0 aromatic heterocycles. The highest BCUT2D eigenvalue weighted by atomic mass is 35.5. The predicted octanol–water partition coefficient (Wildman–Crippen LogP) is 4.79. The molecule has 4 rings (SSSR count). The number of esters is 1. The molecule has 144 valence electrons. The molecule has 1 aliphatic rings. The molecule has 6 heteroatoms. The topological polar surface area (TPSA) is 59.0 Å². The number of aliphatic imine (C=N–C) groups is 1. The normalized spacial score (nSPS) is 14.2. The molecule has 5 nitrogen and oxygen atoms in total. The number of rotatable bonds is 4. The number of nitrogens with zero attached hydrogens (tertiary/aromatic N) is 2. The van der Waals surface area contributed by atoms with Crippen LogP contribution in [0.15, 0.2) is 77.8 Å². The van der Waals surface area contributed by atoms with E-state index in [1.54, 1.807) is 35.2 Å². The summed E-state index contributed by atoms with van der Waals surface area (Å²) in [5, 5.41) is 0.613. The molecule has 0 aliphatic carbocycles. The quantitative estimate of drug-likeness (QED) is 0.587. The number of carbonyl (C=O) groups excluding carboxylic acids is 2. The van der Waals surface area contributed by atoms with Crippen molar-refractivity contribution in [2.75, 3.05) is 12.0 Å². The van der Waals surface area contributed by atoms with Crippen LogP contribution in [0.25, 0.3) is 0 Å². The van der Waals surface area contributed by atoms with E-state index in [0.717, 1.165) is 16.8 Å². The summed E-state index contributed by atoms with van der Waals surface area (Å²) in [7, 11) is 1.33. The molecule has 0 bridgehead atoms. The molecule has 3 aromatic rings. The zero-order chi connectivity index (χ0) is 20.4. The molecule has 3 aromatic carbocycles. The molecule has 0 unspecified atom stereocenters. The van der Waals surface area contributed by atoms with Crippen molar-refractivity contribution in [3.63, 3.8) is 0 Å². The number of halogens is 1. The average molecular weight is 405 g/mol. The van der Waals surface area contributed by atoms with Crippen molar-refractivity contribution in [3.05, 3.63) is 94.5 Å². The lowest BCUT2D eigenvalue weighted by atomic mass is 10.1. The fraction of sp³-hybridized carbons (Fsp3) is 0.0870. The second kappa shape index (κ2) is 7.89. The molecule has 0 spiro atoms. The number of anilines is 1. The largest absolute Gasteiger partial charge is 0.465 e. The van der Waals surface area contributed by atoms with Crippen LogP contribution < -0.4 is 4.90 Å². The Kier molecular flexibility index (Phi) is 5.14. The minimum absolute atomic E-state index is 0.192. The molecular weight excluding hydrogens is 388 g/mol. The molecule has 1 aliphatic heterocycles. The first-order valence-electron chi connectivity index (χ1n) is 9.00. The monoisotopic (exact) mass is 404 g/mol. The molecule has 0 saturated carbocycles. The van der Waals surface area contributed by atoms with E-state index < -0.39 is 5.97 Å². The van der Waals surface area contributed by atoms with Crippen LogP contribution in [0.1, 0.15) is 21.5 Å². The van der Waals surface area contributed by atoms with E-state index in [4.69, 9.17) is 16.3 Å². The maximum atomic E-state index is 13.2. The van der Waals surface area contributed by atoms with Crippen LogP contribution >= 0.6 is 11.6 Å². The van der Waals surface area contributed by atoms with Gasteiger partial charge in [0.1, 0.15) is 5.71 Å². The van der Waals surface area contributed by atoms with Crippen LogP contribution in [0.3, 0.4) is 0 Å². The van der Waals surface area contributed by atoms with Gasteiger partial charge in [0, 0.05) is 10.6 Å². The van der Waals surface area contributed by atoms with E-state index in [2.05, 4.69) is 4.99 Å². The summed E-state index contributed by atoms with van der Waals surface area (Å²) in [4.78, 5) is 31.0. The van der Waals surface area contributed by atoms with Gasteiger partial charge in [0.15, 0.2) is 0 Å². The lowest BCUT2D eigenvalue weighted by Gasteiger charge is -2.17. The fourth-order valence-electron chi connectivity index (χ4n) is 3.24. The molecular formula is C23H17ClN2O3. The van der Waals surface area contributed by atoms with Gasteiger partial charge in [-0.15, -0.1) is 0 Å². The Morgan fingerprint density at radius 3 is 2.41 bits per heavy atom. The number of methoxy groups -OCH3 is 1. The SMILES string of the molecule is COC(=O)c1ccc(N=C2C(=O)N(Cc3ccccc3Cl)c3ccccc32)cc1. The van der Waals surface area contributed by atoms with Gasteiger partial charge in [0.05, 0.1) is 30.6 Å². The van der Waals surface area contributed by atoms with Gasteiger partial charge in [0.25, 0.3) is 5.91 Å². The van der Waals surface area contributed by atoms with E-state index in [1.807, 2.05) is 42.5 Å². The molecule has 29 heavy (non-hydrogen) atoms. The third kappa shape index (κ3) is 3.65. The number of ether oxygens (including phenoxy) is 1. The van der Waals surface area contributed by atoms with Crippen molar-refractivity contribution in [3.8, 4) is 0 Å². The Morgan fingerprint density at radius 2 is 1.69 bits per heavy atom. The summed E-state index contributed by atoms with van der Waals surface area (Å²) in [6, 6.07) is 21.6. The van der Waals surface area contributed by atoms with Crippen molar-refractivity contribution in [2.24, 2.45) is 4.99 Å². The van der Waals surface area contributed by atoms with Gasteiger partial charge in [-0.05, 0) is 42.0 Å². The molecule has 1 amide bonds. The Bertz CT molecular complexity index is 1120. The second-order valence-electron chi connectivity index (χ2n) is 6.50. The molecule has 0 N–H and O–H groups in total. The van der Waals surface area contributed by atoms with Gasteiger partial charge >= 0.3 is 5.97 Å². The van der Waals surface area contributed by atoms with Crippen LogP contribution in [0.4, 0.5) is 11.4 Å². The standard InChI is InChI=1S/C23H17ClN2O3/c1-29-23(28)15-10-12-17(13-11-15)25-21-18-7-3-5-9-20(18)26(22(21)27)14-16-6-2-4-8-19(16)24/h2-13H,14H2,1H3. The van der Waals surface area contributed by atoms with Crippen LogP contribution in [0.5, 0.6) is 0 Å². The highest BCUT2D eigenvalue weighted by Gasteiger charge is 2.34. The number of carbonyl (C=O) groups is 2. The van der Waals surface area contributed by atoms with Crippen molar-refractivity contribution in [1.82, 2.24) is 0 Å². The maximum absolute atomic E-state index is 13.2. The maximum Gasteiger partial charge on any atom is 0.337 e. The van der Waals surface area contributed by atoms with Crippen molar-refractivity contribution < 1.29 is 14.3 Å². The van der Waals surface area contributed by atoms with Gasteiger partial charge in [-0.25, -0.2) is 9.79 Å². The van der Waals surface area contributed by atoms with Crippen molar-refractivity contribution in [2.45, 2.75) is 6.54 Å². The van der Waals surface area contributed by atoms with Gasteiger partial charge in [-0.3, -0.25) is 4.79 Å². The summed E-state index contributed by atoms with van der Waals surface area (Å²) in [6.45, 7) is 0.357. The zero-order valence-corrected chi connectivity index (χ0v) is 16.4. The lowest BCUT2D eigenvalue weighted by molar-refractivity contribution is -0.112. The minimum Gasteiger partial charge on any atom is -0.465 e. The molecule has 0 radical (unpaired) electrons. The smallest absolute Gasteiger partial charge is 0.337 e. The van der Waals surface area contributed by atoms with Crippen LogP contribution in [0.2, 0.25) is 5.02 Å². The molecule has 0 fully saturated rings. The van der Waals surface area contributed by atoms with E-state index >= 15 is 0 Å². The number of fused-ring (bicyclic) bond motifs is 1. The number of hydrogen-bond donors (Lipinski definition) is 0. The first-order valence-corrected chi connectivity index (χ1v) is 9.38. The second-order valence-corrected chi connectivity index (χ2v) is 6.91. The summed E-state index contributed by atoms with van der Waals surface area (Å²) >= 11 is 6.29. The summed E-state index contributed by atoms with van der Waals surface area (Å²) in [5.74, 6) is -0.611. The predicted molar refractivity (Wildman–Crippen MR) is 113 cm³/mol. The van der Waals surface area contributed by atoms with E-state index in [0.29, 0.717) is 28.5 Å². The van der Waals surface area contributed by atoms with Gasteiger partial charge in [0.2, 0.25) is 0 Å². The van der Waals surface area contributed by atoms with Crippen LogP contribution in [-0.2, 0) is 16.1 Å². The number of para-hydroxylation sites is 1. The molecule has 0 saturated heterocycles. The number of benzene rings is 3. The number of hydrogen-bond acceptors (Lipinski definition) is 4. The van der Waals surface area contributed by atoms with Gasteiger partial charge in [-0.2, -0.15) is 0 Å². The van der Waals surface area contributed by atoms with E-state index in [1.165, 1.54) is 7.11 Å². The van der Waals surface area contributed by atoms with Gasteiger partial charge in [-0.1, -0.05) is 48.0 Å². The third-order valence-corrected chi connectivity index (χ3v) is 5.08. The summed E-state index contributed by atoms with van der Waals surface area (Å²) in [6.07, 6.45) is 0. The van der Waals surface area contributed by atoms with Gasteiger partial charge < -0.3 is 9.64 Å². The first-order chi connectivity index (χ1) is 14.1. The average Bonchev–Trinajstić information content (AvgIpc) is 3.01. The fourth-order valence-corrected chi connectivity index (χ4v) is 3.44. The van der Waals surface area contributed by atoms with Crippen molar-refractivity contribution in [1.29, 1.82) is 0 Å². The molecule has 0 atom stereocenters. The Morgan fingerprint density at radius 1 is 1.00 bits per heavy atom. The first kappa shape index (κ1) is 18.9. The zero-order valence-electron chi connectivity index (χ0n) is 15.6. The Balaban J connectivity index is 1.70. The lowest BCUT2D eigenvalue weighted by Crippen LogP contribution is -2.29.